The van der Waals surface area contributed by atoms with Gasteiger partial charge >= 0.3 is 0 Å². The number of aromatic nitrogens is 3. The van der Waals surface area contributed by atoms with Crippen molar-refractivity contribution in [3.05, 3.63) is 39.3 Å². The largest absolute Gasteiger partial charge is 0.330 e. The number of thiophene rings is 1. The summed E-state index contributed by atoms with van der Waals surface area (Å²) >= 11 is 3.42. The molecule has 0 atom stereocenters. The summed E-state index contributed by atoms with van der Waals surface area (Å²) in [6, 6.07) is 4.24. The van der Waals surface area contributed by atoms with E-state index in [1.54, 1.807) is 22.7 Å². The Bertz CT molecular complexity index is 624. The molecule has 6 heteroatoms. The van der Waals surface area contributed by atoms with Gasteiger partial charge in [0.15, 0.2) is 5.82 Å². The average Bonchev–Trinajstić information content (AvgIpc) is 3.04. The molecule has 3 aromatic heterocycles. The second kappa shape index (κ2) is 5.17. The maximum Gasteiger partial charge on any atom is 0.212 e. The van der Waals surface area contributed by atoms with Crippen LogP contribution in [-0.4, -0.2) is 21.1 Å². The lowest BCUT2D eigenvalue weighted by molar-refractivity contribution is 0.800. The predicted octanol–water partition coefficient (Wildman–Crippen LogP) is 2.14. The highest BCUT2D eigenvalue weighted by molar-refractivity contribution is 7.15. The molecule has 0 spiro atoms. The Balaban J connectivity index is 1.76. The first-order valence-electron chi connectivity index (χ1n) is 5.91. The van der Waals surface area contributed by atoms with E-state index in [1.807, 2.05) is 4.52 Å². The lowest BCUT2D eigenvalue weighted by Crippen LogP contribution is -2.05. The van der Waals surface area contributed by atoms with E-state index in [4.69, 9.17) is 5.73 Å². The zero-order chi connectivity index (χ0) is 12.4. The second-order valence-corrected chi connectivity index (χ2v) is 5.94. The third-order valence-corrected chi connectivity index (χ3v) is 4.57. The van der Waals surface area contributed by atoms with Crippen molar-refractivity contribution in [2.45, 2.75) is 19.3 Å². The molecule has 0 aliphatic carbocycles. The summed E-state index contributed by atoms with van der Waals surface area (Å²) in [7, 11) is 0. The van der Waals surface area contributed by atoms with Gasteiger partial charge in [-0.1, -0.05) is 6.07 Å². The predicted molar refractivity (Wildman–Crippen MR) is 75.3 cm³/mol. The highest BCUT2D eigenvalue weighted by Crippen LogP contribution is 2.16. The lowest BCUT2D eigenvalue weighted by Gasteiger charge is -1.94. The highest BCUT2D eigenvalue weighted by Gasteiger charge is 2.09. The molecule has 0 saturated carbocycles. The molecule has 0 fully saturated rings. The average molecular weight is 278 g/mol. The fraction of sp³-hybridized carbons (Fsp3) is 0.333. The quantitative estimate of drug-likeness (QED) is 0.778. The molecule has 4 nitrogen and oxygen atoms in total. The Kier molecular flexibility index (Phi) is 3.40. The monoisotopic (exact) mass is 278 g/mol. The number of nitrogens with two attached hydrogens (primary N) is 1. The Hall–Kier alpha value is -1.24. The Morgan fingerprint density at radius 3 is 2.94 bits per heavy atom. The summed E-state index contributed by atoms with van der Waals surface area (Å²) < 4.78 is 1.93. The van der Waals surface area contributed by atoms with Crippen LogP contribution in [0.2, 0.25) is 0 Å². The van der Waals surface area contributed by atoms with E-state index in [1.165, 1.54) is 4.88 Å². The number of thiazole rings is 1. The first kappa shape index (κ1) is 11.8. The van der Waals surface area contributed by atoms with E-state index in [0.29, 0.717) is 6.54 Å². The topological polar surface area (TPSA) is 56.2 Å². The molecule has 2 N–H and O–H groups in total. The van der Waals surface area contributed by atoms with Gasteiger partial charge < -0.3 is 5.73 Å². The molecule has 0 aromatic carbocycles. The van der Waals surface area contributed by atoms with Crippen LogP contribution in [0.15, 0.2) is 22.9 Å². The molecule has 0 amide bonds. The summed E-state index contributed by atoms with van der Waals surface area (Å²) in [5.41, 5.74) is 6.74. The lowest BCUT2D eigenvalue weighted by atomic mass is 10.2. The standard InChI is InChI=1S/C12H14N4S2/c13-6-5-9-8-18-12-14-11(15-16(9)12)4-3-10-2-1-7-17-10/h1-2,7-8H,3-6,13H2. The summed E-state index contributed by atoms with van der Waals surface area (Å²) in [5.74, 6) is 0.925. The van der Waals surface area contributed by atoms with Crippen LogP contribution in [0.25, 0.3) is 4.96 Å². The molecule has 18 heavy (non-hydrogen) atoms. The van der Waals surface area contributed by atoms with Crippen LogP contribution in [0.5, 0.6) is 0 Å². The summed E-state index contributed by atoms with van der Waals surface area (Å²) in [6.07, 6.45) is 2.77. The van der Waals surface area contributed by atoms with Crippen LogP contribution in [0.3, 0.4) is 0 Å². The third kappa shape index (κ3) is 2.31. The van der Waals surface area contributed by atoms with Crippen LogP contribution in [0.4, 0.5) is 0 Å². The van der Waals surface area contributed by atoms with E-state index < -0.39 is 0 Å². The smallest absolute Gasteiger partial charge is 0.212 e. The first-order chi connectivity index (χ1) is 8.86. The fourth-order valence-electron chi connectivity index (χ4n) is 1.88. The normalized spacial score (nSPS) is 11.4. The van der Waals surface area contributed by atoms with Crippen molar-refractivity contribution in [2.24, 2.45) is 5.73 Å². The Morgan fingerprint density at radius 2 is 2.17 bits per heavy atom. The van der Waals surface area contributed by atoms with Gasteiger partial charge in [-0.05, 0) is 24.4 Å². The number of fused-ring (bicyclic) bond motifs is 1. The van der Waals surface area contributed by atoms with Gasteiger partial charge in [-0.2, -0.15) is 5.10 Å². The van der Waals surface area contributed by atoms with E-state index in [0.717, 1.165) is 35.7 Å². The molecule has 3 rings (SSSR count). The molecule has 0 aliphatic heterocycles. The van der Waals surface area contributed by atoms with Crippen molar-refractivity contribution in [3.8, 4) is 0 Å². The number of hydrogen-bond donors (Lipinski definition) is 1. The van der Waals surface area contributed by atoms with Gasteiger partial charge in [0.2, 0.25) is 4.96 Å². The highest BCUT2D eigenvalue weighted by atomic mass is 32.1. The van der Waals surface area contributed by atoms with Crippen LogP contribution in [0.1, 0.15) is 16.4 Å². The zero-order valence-electron chi connectivity index (χ0n) is 9.87. The van der Waals surface area contributed by atoms with Crippen molar-refractivity contribution in [1.29, 1.82) is 0 Å². The second-order valence-electron chi connectivity index (χ2n) is 4.07. The van der Waals surface area contributed by atoms with Crippen molar-refractivity contribution in [3.63, 3.8) is 0 Å². The zero-order valence-corrected chi connectivity index (χ0v) is 11.5. The van der Waals surface area contributed by atoms with Crippen molar-refractivity contribution in [1.82, 2.24) is 14.6 Å². The molecule has 0 radical (unpaired) electrons. The number of nitrogens with zero attached hydrogens (tertiary/aromatic N) is 3. The SMILES string of the molecule is NCCc1csc2nc(CCc3cccs3)nn12. The van der Waals surface area contributed by atoms with Gasteiger partial charge in [0.25, 0.3) is 0 Å². The minimum Gasteiger partial charge on any atom is -0.330 e. The maximum absolute atomic E-state index is 5.58. The van der Waals surface area contributed by atoms with Gasteiger partial charge in [-0.15, -0.1) is 22.7 Å². The molecule has 0 saturated heterocycles. The minimum absolute atomic E-state index is 0.649. The minimum atomic E-state index is 0.649. The van der Waals surface area contributed by atoms with Gasteiger partial charge in [0.05, 0.1) is 5.69 Å². The van der Waals surface area contributed by atoms with Gasteiger partial charge in [-0.25, -0.2) is 9.50 Å². The number of rotatable bonds is 5. The van der Waals surface area contributed by atoms with Crippen molar-refractivity contribution >= 4 is 27.6 Å². The Morgan fingerprint density at radius 1 is 1.22 bits per heavy atom. The molecular formula is C12H14N4S2. The summed E-state index contributed by atoms with van der Waals surface area (Å²) in [4.78, 5) is 6.91. The van der Waals surface area contributed by atoms with E-state index >= 15 is 0 Å². The third-order valence-electron chi connectivity index (χ3n) is 2.77. The van der Waals surface area contributed by atoms with Gasteiger partial charge in [0, 0.05) is 23.1 Å². The van der Waals surface area contributed by atoms with Crippen LogP contribution in [0, 0.1) is 0 Å². The van der Waals surface area contributed by atoms with Crippen LogP contribution >= 0.6 is 22.7 Å². The first-order valence-corrected chi connectivity index (χ1v) is 7.67. The van der Waals surface area contributed by atoms with E-state index in [9.17, 15) is 0 Å². The Labute approximate surface area is 113 Å². The summed E-state index contributed by atoms with van der Waals surface area (Å²) in [6.45, 7) is 0.649. The van der Waals surface area contributed by atoms with E-state index in [2.05, 4.69) is 33.0 Å². The number of aryl methyl sites for hydroxylation is 2. The summed E-state index contributed by atoms with van der Waals surface area (Å²) in [5, 5.41) is 8.75. The molecular weight excluding hydrogens is 264 g/mol. The van der Waals surface area contributed by atoms with Crippen molar-refractivity contribution < 1.29 is 0 Å². The molecule has 0 bridgehead atoms. The molecule has 3 aromatic rings. The maximum atomic E-state index is 5.58. The van der Waals surface area contributed by atoms with Gasteiger partial charge in [-0.3, -0.25) is 0 Å². The van der Waals surface area contributed by atoms with Crippen molar-refractivity contribution in [2.75, 3.05) is 6.54 Å². The molecule has 3 heterocycles. The van der Waals surface area contributed by atoms with Crippen LogP contribution < -0.4 is 5.73 Å². The fourth-order valence-corrected chi connectivity index (χ4v) is 3.46. The van der Waals surface area contributed by atoms with E-state index in [-0.39, 0.29) is 0 Å². The molecule has 0 aliphatic rings. The van der Waals surface area contributed by atoms with Gasteiger partial charge in [0.1, 0.15) is 0 Å². The molecule has 94 valence electrons. The molecule has 0 unspecified atom stereocenters. The number of hydrogen-bond acceptors (Lipinski definition) is 5. The van der Waals surface area contributed by atoms with Crippen LogP contribution in [-0.2, 0) is 19.3 Å².